The third-order valence-electron chi connectivity index (χ3n) is 7.47. The molecular formula is C30H26BClFN7. The molecule has 5 aromatic rings. The normalized spacial score (nSPS) is 15.2. The topological polar surface area (TPSA) is 91.5 Å². The number of halogens is 2. The predicted octanol–water partition coefficient (Wildman–Crippen LogP) is 5.94. The maximum absolute atomic E-state index is 13.9. The van der Waals surface area contributed by atoms with Crippen LogP contribution in [0.2, 0.25) is 5.02 Å². The third kappa shape index (κ3) is 4.87. The summed E-state index contributed by atoms with van der Waals surface area (Å²) in [4.78, 5) is 4.50. The van der Waals surface area contributed by atoms with Crippen LogP contribution < -0.4 is 10.6 Å². The molecule has 0 aliphatic heterocycles. The van der Waals surface area contributed by atoms with E-state index >= 15 is 0 Å². The van der Waals surface area contributed by atoms with E-state index < -0.39 is 5.44 Å². The van der Waals surface area contributed by atoms with E-state index in [2.05, 4.69) is 32.0 Å². The Morgan fingerprint density at radius 1 is 1.15 bits per heavy atom. The van der Waals surface area contributed by atoms with E-state index in [1.165, 1.54) is 12.1 Å². The van der Waals surface area contributed by atoms with Gasteiger partial charge < -0.3 is 10.6 Å². The van der Waals surface area contributed by atoms with Gasteiger partial charge in [-0.15, -0.1) is 5.10 Å². The lowest BCUT2D eigenvalue weighted by Gasteiger charge is -2.31. The Morgan fingerprint density at radius 3 is 2.60 bits per heavy atom. The van der Waals surface area contributed by atoms with E-state index in [1.807, 2.05) is 62.0 Å². The minimum absolute atomic E-state index is 0.0729. The SMILES string of the molecule is BC(Nc1cc(Cl)c2ncc(C#N)c(N[C@H](C)c3ccccc3)c2c1)(c1ccc(F)cc1)c1cn(C2CC2)nn1. The van der Waals surface area contributed by atoms with Gasteiger partial charge in [0.05, 0.1) is 39.5 Å². The molecule has 0 saturated heterocycles. The highest BCUT2D eigenvalue weighted by molar-refractivity contribution is 6.36. The molecule has 6 rings (SSSR count). The summed E-state index contributed by atoms with van der Waals surface area (Å²) < 4.78 is 15.8. The van der Waals surface area contributed by atoms with Crippen molar-refractivity contribution in [2.24, 2.45) is 0 Å². The van der Waals surface area contributed by atoms with Crippen molar-refractivity contribution < 1.29 is 4.39 Å². The number of anilines is 2. The number of nitriles is 1. The van der Waals surface area contributed by atoms with Gasteiger partial charge in [-0.2, -0.15) is 5.26 Å². The van der Waals surface area contributed by atoms with Crippen molar-refractivity contribution in [3.63, 3.8) is 0 Å². The number of pyridine rings is 1. The molecule has 198 valence electrons. The second kappa shape index (κ2) is 10.3. The van der Waals surface area contributed by atoms with Gasteiger partial charge in [-0.3, -0.25) is 4.98 Å². The fourth-order valence-electron chi connectivity index (χ4n) is 4.99. The van der Waals surface area contributed by atoms with Gasteiger partial charge in [0.15, 0.2) is 0 Å². The first-order valence-electron chi connectivity index (χ1n) is 13.2. The molecule has 0 radical (unpaired) electrons. The lowest BCUT2D eigenvalue weighted by atomic mass is 9.69. The minimum atomic E-state index is -0.858. The highest BCUT2D eigenvalue weighted by Crippen LogP contribution is 2.39. The average molecular weight is 550 g/mol. The summed E-state index contributed by atoms with van der Waals surface area (Å²) in [6.45, 7) is 2.04. The molecule has 1 aliphatic carbocycles. The quantitative estimate of drug-likeness (QED) is 0.233. The number of nitrogens with zero attached hydrogens (tertiary/aromatic N) is 5. The first-order chi connectivity index (χ1) is 19.4. The largest absolute Gasteiger partial charge is 0.378 e. The summed E-state index contributed by atoms with van der Waals surface area (Å²) in [5.74, 6) is -0.320. The molecule has 0 spiro atoms. The Kier molecular flexibility index (Phi) is 6.64. The maximum atomic E-state index is 13.9. The van der Waals surface area contributed by atoms with E-state index in [1.54, 1.807) is 24.4 Å². The highest BCUT2D eigenvalue weighted by Gasteiger charge is 2.34. The Hall–Kier alpha value is -4.42. The lowest BCUT2D eigenvalue weighted by Crippen LogP contribution is -2.37. The van der Waals surface area contributed by atoms with E-state index in [-0.39, 0.29) is 11.9 Å². The van der Waals surface area contributed by atoms with Gasteiger partial charge in [-0.05, 0) is 55.2 Å². The van der Waals surface area contributed by atoms with Crippen molar-refractivity contribution in [2.45, 2.75) is 37.3 Å². The van der Waals surface area contributed by atoms with Crippen molar-refractivity contribution in [3.8, 4) is 6.07 Å². The molecule has 3 aromatic carbocycles. The number of nitrogens with one attached hydrogen (secondary N) is 2. The lowest BCUT2D eigenvalue weighted by molar-refractivity contribution is 0.610. The Labute approximate surface area is 237 Å². The average Bonchev–Trinajstić information content (AvgIpc) is 3.69. The van der Waals surface area contributed by atoms with Crippen LogP contribution in [0.25, 0.3) is 10.9 Å². The van der Waals surface area contributed by atoms with E-state index in [0.717, 1.165) is 24.0 Å². The molecule has 40 heavy (non-hydrogen) atoms. The zero-order chi connectivity index (χ0) is 27.9. The standard InChI is InChI=1S/C30H26BClFN7/c1-18(19-5-3-2-4-6-19)36-28-20(15-34)16-35-29-25(28)13-23(14-26(29)32)37-30(31,21-7-9-22(33)10-8-21)27-17-40(39-38-27)24-11-12-24/h2-10,13-14,16-18,24,37H,11-12,31H2,1H3,(H,35,36)/t18-,30?/m1/s1. The molecule has 2 heterocycles. The predicted molar refractivity (Wildman–Crippen MR) is 158 cm³/mol. The Morgan fingerprint density at radius 2 is 1.90 bits per heavy atom. The summed E-state index contributed by atoms with van der Waals surface area (Å²) in [7, 11) is 1.99. The summed E-state index contributed by atoms with van der Waals surface area (Å²) in [6, 6.07) is 22.7. The molecule has 0 amide bonds. The first-order valence-corrected chi connectivity index (χ1v) is 13.5. The minimum Gasteiger partial charge on any atom is -0.378 e. The van der Waals surface area contributed by atoms with Crippen LogP contribution in [0.1, 0.15) is 54.2 Å². The summed E-state index contributed by atoms with van der Waals surface area (Å²) >= 11 is 6.78. The van der Waals surface area contributed by atoms with Gasteiger partial charge in [-0.25, -0.2) is 9.07 Å². The second-order valence-electron chi connectivity index (χ2n) is 10.4. The van der Waals surface area contributed by atoms with Crippen LogP contribution >= 0.6 is 11.6 Å². The highest BCUT2D eigenvalue weighted by atomic mass is 35.5. The van der Waals surface area contributed by atoms with Crippen LogP contribution in [-0.2, 0) is 5.44 Å². The molecule has 1 fully saturated rings. The number of hydrogen-bond donors (Lipinski definition) is 2. The molecule has 7 nitrogen and oxygen atoms in total. The molecule has 1 aliphatic rings. The number of hydrogen-bond acceptors (Lipinski definition) is 6. The molecule has 2 N–H and O–H groups in total. The fourth-order valence-corrected chi connectivity index (χ4v) is 5.26. The molecule has 2 aromatic heterocycles. The number of benzene rings is 3. The van der Waals surface area contributed by atoms with Crippen molar-refractivity contribution in [1.29, 1.82) is 5.26 Å². The monoisotopic (exact) mass is 549 g/mol. The smallest absolute Gasteiger partial charge is 0.148 e. The Bertz CT molecular complexity index is 1730. The van der Waals surface area contributed by atoms with Crippen LogP contribution in [0.4, 0.5) is 15.8 Å². The van der Waals surface area contributed by atoms with Crippen LogP contribution in [-0.4, -0.2) is 27.8 Å². The maximum Gasteiger partial charge on any atom is 0.148 e. The van der Waals surface area contributed by atoms with Crippen molar-refractivity contribution in [2.75, 3.05) is 10.6 Å². The van der Waals surface area contributed by atoms with Crippen molar-refractivity contribution in [3.05, 3.63) is 112 Å². The number of fused-ring (bicyclic) bond motifs is 1. The van der Waals surface area contributed by atoms with Gasteiger partial charge in [0.1, 0.15) is 25.4 Å². The van der Waals surface area contributed by atoms with E-state index in [9.17, 15) is 9.65 Å². The van der Waals surface area contributed by atoms with Crippen LogP contribution in [0.15, 0.2) is 79.1 Å². The molecule has 1 unspecified atom stereocenters. The summed E-state index contributed by atoms with van der Waals surface area (Å²) in [6.07, 6.45) is 5.64. The van der Waals surface area contributed by atoms with Gasteiger partial charge in [0.2, 0.25) is 0 Å². The van der Waals surface area contributed by atoms with Crippen LogP contribution in [0.3, 0.4) is 0 Å². The van der Waals surface area contributed by atoms with Crippen molar-refractivity contribution in [1.82, 2.24) is 20.0 Å². The summed E-state index contributed by atoms with van der Waals surface area (Å²) in [5.41, 5.74) is 4.07. The molecule has 2 atom stereocenters. The number of rotatable bonds is 8. The van der Waals surface area contributed by atoms with Crippen molar-refractivity contribution >= 4 is 41.7 Å². The zero-order valence-electron chi connectivity index (χ0n) is 22.1. The molecule has 1 saturated carbocycles. The van der Waals surface area contributed by atoms with Gasteiger partial charge in [0, 0.05) is 23.3 Å². The number of aromatic nitrogens is 4. The van der Waals surface area contributed by atoms with E-state index in [0.29, 0.717) is 44.6 Å². The van der Waals surface area contributed by atoms with Crippen LogP contribution in [0.5, 0.6) is 0 Å². The molecule has 0 bridgehead atoms. The summed E-state index contributed by atoms with van der Waals surface area (Å²) in [5, 5.41) is 27.1. The molecule has 10 heteroatoms. The fraction of sp³-hybridized carbons (Fsp3) is 0.200. The van der Waals surface area contributed by atoms with Gasteiger partial charge >= 0.3 is 0 Å². The Balaban J connectivity index is 1.45. The second-order valence-corrected chi connectivity index (χ2v) is 10.8. The van der Waals surface area contributed by atoms with Crippen LogP contribution in [0, 0.1) is 17.1 Å². The van der Waals surface area contributed by atoms with E-state index in [4.69, 9.17) is 11.6 Å². The third-order valence-corrected chi connectivity index (χ3v) is 7.75. The molecular weight excluding hydrogens is 524 g/mol. The first kappa shape index (κ1) is 25.8. The van der Waals surface area contributed by atoms with Gasteiger partial charge in [-0.1, -0.05) is 59.3 Å². The van der Waals surface area contributed by atoms with Gasteiger partial charge in [0.25, 0.3) is 0 Å². The zero-order valence-corrected chi connectivity index (χ0v) is 22.8.